The molecule has 0 radical (unpaired) electrons. The van der Waals surface area contributed by atoms with Crippen LogP contribution in [0.2, 0.25) is 0 Å². The molecule has 33 heavy (non-hydrogen) atoms. The van der Waals surface area contributed by atoms with Crippen LogP contribution in [0.3, 0.4) is 0 Å². The number of hydrogen-bond donors (Lipinski definition) is 3. The zero-order valence-corrected chi connectivity index (χ0v) is 18.7. The van der Waals surface area contributed by atoms with Gasteiger partial charge in [0.2, 0.25) is 5.91 Å². The summed E-state index contributed by atoms with van der Waals surface area (Å²) in [6.45, 7) is 4.29. The number of aliphatic carboxylic acids is 1. The highest BCUT2D eigenvalue weighted by Crippen LogP contribution is 2.44. The first-order valence-electron chi connectivity index (χ1n) is 11.0. The minimum Gasteiger partial charge on any atom is -0.481 e. The van der Waals surface area contributed by atoms with Gasteiger partial charge in [-0.05, 0) is 42.5 Å². The van der Waals surface area contributed by atoms with Crippen LogP contribution in [-0.2, 0) is 19.1 Å². The zero-order chi connectivity index (χ0) is 23.6. The Morgan fingerprint density at radius 2 is 1.70 bits per heavy atom. The minimum absolute atomic E-state index is 0.0742. The molecule has 0 saturated carbocycles. The molecule has 1 saturated heterocycles. The van der Waals surface area contributed by atoms with Gasteiger partial charge >= 0.3 is 12.1 Å². The van der Waals surface area contributed by atoms with Crippen LogP contribution in [0.15, 0.2) is 48.5 Å². The molecule has 1 fully saturated rings. The molecule has 2 atom stereocenters. The van der Waals surface area contributed by atoms with E-state index in [4.69, 9.17) is 9.47 Å². The van der Waals surface area contributed by atoms with E-state index in [2.05, 4.69) is 10.6 Å². The summed E-state index contributed by atoms with van der Waals surface area (Å²) in [5.74, 6) is -1.91. The van der Waals surface area contributed by atoms with E-state index < -0.39 is 36.0 Å². The molecule has 2 aromatic carbocycles. The molecule has 4 rings (SSSR count). The fourth-order valence-electron chi connectivity index (χ4n) is 4.57. The van der Waals surface area contributed by atoms with Crippen LogP contribution in [0, 0.1) is 0 Å². The number of carbonyl (C=O) groups is 3. The fraction of sp³-hybridized carbons (Fsp3) is 0.400. The smallest absolute Gasteiger partial charge is 0.407 e. The van der Waals surface area contributed by atoms with Crippen molar-refractivity contribution in [2.24, 2.45) is 0 Å². The summed E-state index contributed by atoms with van der Waals surface area (Å²) in [5, 5.41) is 14.5. The molecule has 3 N–H and O–H groups in total. The lowest BCUT2D eigenvalue weighted by atomic mass is 9.98. The van der Waals surface area contributed by atoms with Crippen molar-refractivity contribution in [3.05, 3.63) is 59.7 Å². The molecule has 0 bridgehead atoms. The van der Waals surface area contributed by atoms with Crippen molar-refractivity contribution in [1.29, 1.82) is 0 Å². The lowest BCUT2D eigenvalue weighted by Gasteiger charge is -2.28. The van der Waals surface area contributed by atoms with E-state index in [1.165, 1.54) is 0 Å². The Kier molecular flexibility index (Phi) is 6.37. The van der Waals surface area contributed by atoms with E-state index in [9.17, 15) is 19.5 Å². The highest BCUT2D eigenvalue weighted by molar-refractivity contribution is 5.89. The maximum absolute atomic E-state index is 12.7. The molecule has 1 aliphatic carbocycles. The van der Waals surface area contributed by atoms with Gasteiger partial charge in [-0.2, -0.15) is 0 Å². The Hall–Kier alpha value is -3.39. The predicted molar refractivity (Wildman–Crippen MR) is 121 cm³/mol. The molecule has 0 aromatic heterocycles. The summed E-state index contributed by atoms with van der Waals surface area (Å²) < 4.78 is 11.1. The van der Waals surface area contributed by atoms with Crippen molar-refractivity contribution in [3.63, 3.8) is 0 Å². The second-order valence-corrected chi connectivity index (χ2v) is 8.92. The standard InChI is InChI=1S/C25H28N2O6/c1-25(2)21(11-12-33-25)27-23(30)20(13-22(28)29)26-24(31)32-14-19-17-9-5-3-7-15(17)16-8-4-6-10-18(16)19/h3-10,19-21H,11-14H2,1-2H3,(H,26,31)(H,27,30)(H,28,29). The van der Waals surface area contributed by atoms with Gasteiger partial charge in [0.05, 0.1) is 18.1 Å². The fourth-order valence-corrected chi connectivity index (χ4v) is 4.57. The Balaban J connectivity index is 1.41. The number of hydrogen-bond acceptors (Lipinski definition) is 5. The van der Waals surface area contributed by atoms with Crippen molar-refractivity contribution < 1.29 is 29.0 Å². The van der Waals surface area contributed by atoms with Crippen LogP contribution in [0.5, 0.6) is 0 Å². The van der Waals surface area contributed by atoms with Gasteiger partial charge in [-0.3, -0.25) is 9.59 Å². The molecule has 2 unspecified atom stereocenters. The lowest BCUT2D eigenvalue weighted by Crippen LogP contribution is -2.54. The average molecular weight is 453 g/mol. The topological polar surface area (TPSA) is 114 Å². The summed E-state index contributed by atoms with van der Waals surface area (Å²) in [4.78, 5) is 36.6. The van der Waals surface area contributed by atoms with Gasteiger partial charge in [-0.1, -0.05) is 48.5 Å². The maximum Gasteiger partial charge on any atom is 0.407 e. The highest BCUT2D eigenvalue weighted by atomic mass is 16.5. The molecule has 8 nitrogen and oxygen atoms in total. The van der Waals surface area contributed by atoms with Crippen molar-refractivity contribution in [2.45, 2.75) is 50.3 Å². The number of benzene rings is 2. The lowest BCUT2D eigenvalue weighted by molar-refractivity contribution is -0.140. The number of carbonyl (C=O) groups excluding carboxylic acids is 2. The summed E-state index contributed by atoms with van der Waals surface area (Å²) in [5.41, 5.74) is 3.77. The largest absolute Gasteiger partial charge is 0.481 e. The Morgan fingerprint density at radius 3 is 2.24 bits per heavy atom. The van der Waals surface area contributed by atoms with Crippen LogP contribution in [0.1, 0.15) is 43.7 Å². The van der Waals surface area contributed by atoms with Gasteiger partial charge in [0, 0.05) is 12.5 Å². The molecule has 1 aliphatic heterocycles. The number of alkyl carbamates (subject to hydrolysis) is 1. The van der Waals surface area contributed by atoms with E-state index in [0.717, 1.165) is 22.3 Å². The number of amides is 2. The van der Waals surface area contributed by atoms with Crippen LogP contribution in [0.25, 0.3) is 11.1 Å². The maximum atomic E-state index is 12.7. The number of nitrogens with one attached hydrogen (secondary N) is 2. The number of rotatable bonds is 7. The van der Waals surface area contributed by atoms with Crippen molar-refractivity contribution in [2.75, 3.05) is 13.2 Å². The van der Waals surface area contributed by atoms with Crippen molar-refractivity contribution >= 4 is 18.0 Å². The third kappa shape index (κ3) is 4.85. The van der Waals surface area contributed by atoms with E-state index >= 15 is 0 Å². The van der Waals surface area contributed by atoms with Gasteiger partial charge in [0.25, 0.3) is 0 Å². The molecule has 2 amide bonds. The summed E-state index contributed by atoms with van der Waals surface area (Å²) in [6, 6.07) is 14.4. The predicted octanol–water partition coefficient (Wildman–Crippen LogP) is 3.05. The second kappa shape index (κ2) is 9.23. The zero-order valence-electron chi connectivity index (χ0n) is 18.7. The Labute approximate surface area is 192 Å². The van der Waals surface area contributed by atoms with Crippen LogP contribution < -0.4 is 10.6 Å². The first kappa shape index (κ1) is 22.8. The quantitative estimate of drug-likeness (QED) is 0.595. The Morgan fingerprint density at radius 1 is 1.09 bits per heavy atom. The van der Waals surface area contributed by atoms with E-state index in [0.29, 0.717) is 13.0 Å². The van der Waals surface area contributed by atoms with Crippen molar-refractivity contribution in [1.82, 2.24) is 10.6 Å². The Bertz CT molecular complexity index is 1020. The molecule has 1 heterocycles. The number of fused-ring (bicyclic) bond motifs is 3. The third-order valence-corrected chi connectivity index (χ3v) is 6.37. The number of carboxylic acids is 1. The second-order valence-electron chi connectivity index (χ2n) is 8.92. The molecule has 8 heteroatoms. The van der Waals surface area contributed by atoms with Gasteiger partial charge in [0.1, 0.15) is 12.6 Å². The normalized spacial score (nSPS) is 19.3. The van der Waals surface area contributed by atoms with Crippen molar-refractivity contribution in [3.8, 4) is 11.1 Å². The third-order valence-electron chi connectivity index (χ3n) is 6.37. The molecule has 0 spiro atoms. The first-order chi connectivity index (χ1) is 15.8. The highest BCUT2D eigenvalue weighted by Gasteiger charge is 2.38. The molecule has 2 aliphatic rings. The van der Waals surface area contributed by atoms with Gasteiger partial charge in [-0.15, -0.1) is 0 Å². The van der Waals surface area contributed by atoms with Gasteiger partial charge in [0.15, 0.2) is 0 Å². The van der Waals surface area contributed by atoms with Gasteiger partial charge in [-0.25, -0.2) is 4.79 Å². The SMILES string of the molecule is CC1(C)OCCC1NC(=O)C(CC(=O)O)NC(=O)OCC1c2ccccc2-c2ccccc21. The number of ether oxygens (including phenoxy) is 2. The summed E-state index contributed by atoms with van der Waals surface area (Å²) in [6.07, 6.45) is -0.770. The first-order valence-corrected chi connectivity index (χ1v) is 11.0. The monoisotopic (exact) mass is 452 g/mol. The molecular weight excluding hydrogens is 424 g/mol. The van der Waals surface area contributed by atoms with E-state index in [1.807, 2.05) is 62.4 Å². The van der Waals surface area contributed by atoms with Crippen LogP contribution in [-0.4, -0.2) is 54.0 Å². The average Bonchev–Trinajstić information content (AvgIpc) is 3.28. The van der Waals surface area contributed by atoms with Crippen LogP contribution >= 0.6 is 0 Å². The molecular formula is C25H28N2O6. The van der Waals surface area contributed by atoms with E-state index in [1.54, 1.807) is 0 Å². The minimum atomic E-state index is -1.26. The summed E-state index contributed by atoms with van der Waals surface area (Å²) in [7, 11) is 0. The van der Waals surface area contributed by atoms with Gasteiger partial charge < -0.3 is 25.2 Å². The number of carboxylic acid groups (broad SMARTS) is 1. The summed E-state index contributed by atoms with van der Waals surface area (Å²) >= 11 is 0. The van der Waals surface area contributed by atoms with E-state index in [-0.39, 0.29) is 18.6 Å². The molecule has 174 valence electrons. The molecule has 2 aromatic rings. The van der Waals surface area contributed by atoms with Crippen LogP contribution in [0.4, 0.5) is 4.79 Å².